The maximum absolute atomic E-state index is 12.6. The Hall–Kier alpha value is -1.79. The standard InChI is InChI=1S/C19H26N4OS/c1-14-4-6-17(7-5-14)25-15(2)19(24)21-18-8-11-20-23(18)16-9-12-22(3)13-10-16/h4-8,11,15-16H,9-10,12-13H2,1-3H3,(H,21,24). The number of anilines is 1. The van der Waals surface area contributed by atoms with E-state index in [4.69, 9.17) is 0 Å². The first kappa shape index (κ1) is 18.0. The summed E-state index contributed by atoms with van der Waals surface area (Å²) in [5.41, 5.74) is 1.23. The normalized spacial score (nSPS) is 17.4. The van der Waals surface area contributed by atoms with E-state index in [0.29, 0.717) is 6.04 Å². The van der Waals surface area contributed by atoms with Gasteiger partial charge in [-0.05, 0) is 59.0 Å². The zero-order valence-corrected chi connectivity index (χ0v) is 15.9. The van der Waals surface area contributed by atoms with Crippen LogP contribution in [0.1, 0.15) is 31.4 Å². The highest BCUT2D eigenvalue weighted by molar-refractivity contribution is 8.00. The molecule has 0 aliphatic carbocycles. The first-order valence-electron chi connectivity index (χ1n) is 8.79. The van der Waals surface area contributed by atoms with E-state index in [-0.39, 0.29) is 11.2 Å². The van der Waals surface area contributed by atoms with E-state index >= 15 is 0 Å². The quantitative estimate of drug-likeness (QED) is 0.830. The minimum atomic E-state index is -0.163. The average Bonchev–Trinajstić information content (AvgIpc) is 3.05. The van der Waals surface area contributed by atoms with Crippen molar-refractivity contribution in [3.63, 3.8) is 0 Å². The third-order valence-electron chi connectivity index (χ3n) is 4.66. The van der Waals surface area contributed by atoms with Gasteiger partial charge in [0.15, 0.2) is 0 Å². The summed E-state index contributed by atoms with van der Waals surface area (Å²) in [5, 5.41) is 7.34. The number of aromatic nitrogens is 2. The molecule has 134 valence electrons. The summed E-state index contributed by atoms with van der Waals surface area (Å²) in [5.74, 6) is 0.816. The lowest BCUT2D eigenvalue weighted by atomic mass is 10.1. The van der Waals surface area contributed by atoms with E-state index in [9.17, 15) is 4.79 Å². The summed E-state index contributed by atoms with van der Waals surface area (Å²) in [6.45, 7) is 6.14. The molecule has 0 spiro atoms. The van der Waals surface area contributed by atoms with Crippen LogP contribution in [-0.2, 0) is 4.79 Å². The highest BCUT2D eigenvalue weighted by atomic mass is 32.2. The lowest BCUT2D eigenvalue weighted by Crippen LogP contribution is -2.33. The molecule has 6 heteroatoms. The Morgan fingerprint density at radius 3 is 2.60 bits per heavy atom. The largest absolute Gasteiger partial charge is 0.310 e. The summed E-state index contributed by atoms with van der Waals surface area (Å²) < 4.78 is 1.98. The van der Waals surface area contributed by atoms with Crippen molar-refractivity contribution < 1.29 is 4.79 Å². The Morgan fingerprint density at radius 1 is 1.24 bits per heavy atom. The zero-order valence-electron chi connectivity index (χ0n) is 15.1. The summed E-state index contributed by atoms with van der Waals surface area (Å²) in [7, 11) is 2.14. The minimum absolute atomic E-state index is 0.0141. The number of rotatable bonds is 5. The monoisotopic (exact) mass is 358 g/mol. The van der Waals surface area contributed by atoms with Gasteiger partial charge in [-0.2, -0.15) is 5.10 Å². The summed E-state index contributed by atoms with van der Waals surface area (Å²) >= 11 is 1.58. The van der Waals surface area contributed by atoms with Crippen molar-refractivity contribution in [2.24, 2.45) is 0 Å². The lowest BCUT2D eigenvalue weighted by molar-refractivity contribution is -0.115. The Labute approximate surface area is 153 Å². The van der Waals surface area contributed by atoms with E-state index in [2.05, 4.69) is 53.6 Å². The van der Waals surface area contributed by atoms with Crippen molar-refractivity contribution in [1.82, 2.24) is 14.7 Å². The molecule has 2 heterocycles. The number of likely N-dealkylation sites (tertiary alicyclic amines) is 1. The van der Waals surface area contributed by atoms with Crippen molar-refractivity contribution >= 4 is 23.5 Å². The molecule has 1 N–H and O–H groups in total. The molecule has 1 amide bonds. The fourth-order valence-corrected chi connectivity index (χ4v) is 3.91. The van der Waals surface area contributed by atoms with Crippen molar-refractivity contribution in [2.75, 3.05) is 25.5 Å². The Balaban J connectivity index is 1.61. The van der Waals surface area contributed by atoms with Crippen LogP contribution in [-0.4, -0.2) is 46.0 Å². The van der Waals surface area contributed by atoms with Crippen LogP contribution in [0.5, 0.6) is 0 Å². The number of amides is 1. The maximum atomic E-state index is 12.6. The number of hydrogen-bond donors (Lipinski definition) is 1. The first-order chi connectivity index (χ1) is 12.0. The van der Waals surface area contributed by atoms with Crippen LogP contribution < -0.4 is 5.32 Å². The highest BCUT2D eigenvalue weighted by Gasteiger charge is 2.22. The minimum Gasteiger partial charge on any atom is -0.310 e. The molecule has 0 radical (unpaired) electrons. The van der Waals surface area contributed by atoms with Gasteiger partial charge in [0.05, 0.1) is 17.5 Å². The molecule has 3 rings (SSSR count). The van der Waals surface area contributed by atoms with Gasteiger partial charge < -0.3 is 10.2 Å². The molecule has 1 saturated heterocycles. The Morgan fingerprint density at radius 2 is 1.92 bits per heavy atom. The molecule has 1 unspecified atom stereocenters. The Bertz CT molecular complexity index is 704. The van der Waals surface area contributed by atoms with E-state index in [1.54, 1.807) is 18.0 Å². The molecular weight excluding hydrogens is 332 g/mol. The van der Waals surface area contributed by atoms with Crippen molar-refractivity contribution in [2.45, 2.75) is 42.9 Å². The van der Waals surface area contributed by atoms with Gasteiger partial charge in [0.2, 0.25) is 5.91 Å². The van der Waals surface area contributed by atoms with Gasteiger partial charge in [-0.3, -0.25) is 4.79 Å². The predicted octanol–water partition coefficient (Wildman–Crippen LogP) is 3.58. The second-order valence-electron chi connectivity index (χ2n) is 6.76. The summed E-state index contributed by atoms with van der Waals surface area (Å²) in [6, 6.07) is 10.5. The molecule has 1 aromatic heterocycles. The highest BCUT2D eigenvalue weighted by Crippen LogP contribution is 2.27. The summed E-state index contributed by atoms with van der Waals surface area (Å²) in [6.07, 6.45) is 3.90. The predicted molar refractivity (Wildman–Crippen MR) is 103 cm³/mol. The number of aryl methyl sites for hydroxylation is 1. The first-order valence-corrected chi connectivity index (χ1v) is 9.67. The zero-order chi connectivity index (χ0) is 17.8. The average molecular weight is 359 g/mol. The second-order valence-corrected chi connectivity index (χ2v) is 8.17. The van der Waals surface area contributed by atoms with Crippen LogP contribution in [0.2, 0.25) is 0 Å². The third-order valence-corrected chi connectivity index (χ3v) is 5.77. The van der Waals surface area contributed by atoms with Crippen LogP contribution in [0.15, 0.2) is 41.4 Å². The van der Waals surface area contributed by atoms with Gasteiger partial charge in [0.25, 0.3) is 0 Å². The van der Waals surface area contributed by atoms with E-state index < -0.39 is 0 Å². The lowest BCUT2D eigenvalue weighted by Gasteiger charge is -2.30. The Kier molecular flexibility index (Phi) is 5.81. The van der Waals surface area contributed by atoms with E-state index in [1.165, 1.54) is 5.56 Å². The SMILES string of the molecule is Cc1ccc(SC(C)C(=O)Nc2ccnn2C2CCN(C)CC2)cc1. The maximum Gasteiger partial charge on any atom is 0.238 e. The van der Waals surface area contributed by atoms with Crippen LogP contribution in [0.3, 0.4) is 0 Å². The number of nitrogens with one attached hydrogen (secondary N) is 1. The molecule has 2 aromatic rings. The van der Waals surface area contributed by atoms with Gasteiger partial charge in [-0.15, -0.1) is 11.8 Å². The number of piperidine rings is 1. The van der Waals surface area contributed by atoms with Crippen molar-refractivity contribution in [3.8, 4) is 0 Å². The van der Waals surface area contributed by atoms with Crippen LogP contribution >= 0.6 is 11.8 Å². The number of nitrogens with zero attached hydrogens (tertiary/aromatic N) is 3. The molecule has 1 aliphatic heterocycles. The molecule has 0 saturated carbocycles. The van der Waals surface area contributed by atoms with Gasteiger partial charge in [0, 0.05) is 11.0 Å². The van der Waals surface area contributed by atoms with E-state index in [1.807, 2.05) is 17.7 Å². The topological polar surface area (TPSA) is 50.2 Å². The van der Waals surface area contributed by atoms with Crippen LogP contribution in [0.4, 0.5) is 5.82 Å². The second kappa shape index (κ2) is 8.06. The number of hydrogen-bond acceptors (Lipinski definition) is 4. The third kappa shape index (κ3) is 4.64. The van der Waals surface area contributed by atoms with Gasteiger partial charge >= 0.3 is 0 Å². The number of carbonyl (C=O) groups is 1. The molecule has 1 aromatic carbocycles. The smallest absolute Gasteiger partial charge is 0.238 e. The molecule has 1 fully saturated rings. The molecule has 5 nitrogen and oxygen atoms in total. The number of benzene rings is 1. The fourth-order valence-electron chi connectivity index (χ4n) is 3.05. The van der Waals surface area contributed by atoms with Gasteiger partial charge in [-0.25, -0.2) is 4.68 Å². The fraction of sp³-hybridized carbons (Fsp3) is 0.474. The van der Waals surface area contributed by atoms with Crippen LogP contribution in [0, 0.1) is 6.92 Å². The molecule has 0 bridgehead atoms. The van der Waals surface area contributed by atoms with Crippen molar-refractivity contribution in [1.29, 1.82) is 0 Å². The van der Waals surface area contributed by atoms with Crippen LogP contribution in [0.25, 0.3) is 0 Å². The van der Waals surface area contributed by atoms with Gasteiger partial charge in [0.1, 0.15) is 5.82 Å². The van der Waals surface area contributed by atoms with E-state index in [0.717, 1.165) is 36.6 Å². The number of thioether (sulfide) groups is 1. The number of carbonyl (C=O) groups excluding carboxylic acids is 1. The molecule has 1 atom stereocenters. The molecular formula is C19H26N4OS. The summed E-state index contributed by atoms with van der Waals surface area (Å²) in [4.78, 5) is 16.0. The molecule has 25 heavy (non-hydrogen) atoms. The van der Waals surface area contributed by atoms with Crippen molar-refractivity contribution in [3.05, 3.63) is 42.1 Å². The van der Waals surface area contributed by atoms with Gasteiger partial charge in [-0.1, -0.05) is 17.7 Å². The molecule has 1 aliphatic rings.